The molecule has 0 spiro atoms. The number of alkyl halides is 3. The van der Waals surface area contributed by atoms with E-state index in [1.807, 2.05) is 13.8 Å². The van der Waals surface area contributed by atoms with Crippen LogP contribution in [0.1, 0.15) is 24.2 Å². The van der Waals surface area contributed by atoms with Gasteiger partial charge in [-0.15, -0.1) is 22.4 Å². The van der Waals surface area contributed by atoms with Crippen LogP contribution in [0.4, 0.5) is 18.9 Å². The normalized spacial score (nSPS) is 11.1. The number of thioether (sulfide) groups is 1. The van der Waals surface area contributed by atoms with Gasteiger partial charge in [0, 0.05) is 11.3 Å². The monoisotopic (exact) mass is 481 g/mol. The minimum Gasteiger partial charge on any atom is -0.406 e. The van der Waals surface area contributed by atoms with Gasteiger partial charge in [-0.25, -0.2) is 8.42 Å². The van der Waals surface area contributed by atoms with Crippen LogP contribution in [0, 0.1) is 0 Å². The van der Waals surface area contributed by atoms with Crippen molar-refractivity contribution in [1.29, 1.82) is 0 Å². The predicted molar refractivity (Wildman–Crippen MR) is 115 cm³/mol. The Hall–Kier alpha value is -2.10. The Bertz CT molecular complexity index is 980. The summed E-state index contributed by atoms with van der Waals surface area (Å²) in [6.07, 6.45) is -4.88. The molecule has 12 heteroatoms. The second kappa shape index (κ2) is 11.3. The fraction of sp³-hybridized carbons (Fsp3) is 0.222. The van der Waals surface area contributed by atoms with Gasteiger partial charge < -0.3 is 4.74 Å². The molecule has 6 nitrogen and oxygen atoms in total. The third-order valence-electron chi connectivity index (χ3n) is 3.25. The summed E-state index contributed by atoms with van der Waals surface area (Å²) in [4.78, 5) is 22.0. The van der Waals surface area contributed by atoms with Crippen LogP contribution in [0.3, 0.4) is 0 Å². The summed E-state index contributed by atoms with van der Waals surface area (Å²) in [7, 11) is -1.77. The fourth-order valence-electron chi connectivity index (χ4n) is 2.10. The minimum absolute atomic E-state index is 0.0394. The quantitative estimate of drug-likeness (QED) is 0.348. The lowest BCUT2D eigenvalue weighted by Crippen LogP contribution is -2.18. The van der Waals surface area contributed by atoms with Gasteiger partial charge in [0.15, 0.2) is 11.4 Å². The topological polar surface area (TPSA) is 89.5 Å². The number of ketones is 1. The van der Waals surface area contributed by atoms with Crippen molar-refractivity contribution in [3.8, 4) is 5.75 Å². The summed E-state index contributed by atoms with van der Waals surface area (Å²) in [6.45, 7) is 4.00. The molecule has 1 unspecified atom stereocenters. The molecule has 164 valence electrons. The third kappa shape index (κ3) is 7.97. The molecule has 0 aliphatic rings. The van der Waals surface area contributed by atoms with Crippen LogP contribution in [-0.2, 0) is 14.8 Å². The summed E-state index contributed by atoms with van der Waals surface area (Å²) in [5.74, 6) is -0.881. The molecule has 30 heavy (non-hydrogen) atoms. The molecule has 0 aliphatic heterocycles. The number of halogens is 3. The Morgan fingerprint density at radius 2 is 1.77 bits per heavy atom. The summed E-state index contributed by atoms with van der Waals surface area (Å²) in [6, 6.07) is 7.89. The van der Waals surface area contributed by atoms with E-state index >= 15 is 0 Å². The highest BCUT2D eigenvalue weighted by Crippen LogP contribution is 2.25. The van der Waals surface area contributed by atoms with Gasteiger partial charge in [0.1, 0.15) is 5.75 Å². The summed E-state index contributed by atoms with van der Waals surface area (Å²) < 4.78 is 67.2. The van der Waals surface area contributed by atoms with Crippen molar-refractivity contribution in [3.05, 3.63) is 48.0 Å². The Morgan fingerprint density at radius 3 is 2.27 bits per heavy atom. The first kappa shape index (κ1) is 25.9. The lowest BCUT2D eigenvalue weighted by molar-refractivity contribution is -0.274. The second-order valence-corrected chi connectivity index (χ2v) is 8.38. The van der Waals surface area contributed by atoms with Crippen molar-refractivity contribution in [2.75, 3.05) is 10.5 Å². The number of Topliss-reactive ketones (excluding diaryl/α,β-unsaturated/α-hetero) is 1. The molecule has 1 atom stereocenters. The van der Waals surface area contributed by atoms with Crippen LogP contribution in [-0.4, -0.2) is 31.9 Å². The molecule has 0 amide bonds. The first-order valence-corrected chi connectivity index (χ1v) is 11.5. The number of carbonyl (C=O) groups is 2. The van der Waals surface area contributed by atoms with E-state index in [4.69, 9.17) is 0 Å². The molecule has 0 aliphatic carbocycles. The zero-order chi connectivity index (χ0) is 22.9. The number of nitrogens with one attached hydrogen (secondary N) is 1. The molecule has 0 fully saturated rings. The zero-order valence-corrected chi connectivity index (χ0v) is 18.7. The van der Waals surface area contributed by atoms with Crippen molar-refractivity contribution >= 4 is 53.4 Å². The van der Waals surface area contributed by atoms with E-state index in [9.17, 15) is 31.2 Å². The van der Waals surface area contributed by atoms with Gasteiger partial charge >= 0.3 is 6.36 Å². The molecule has 0 saturated heterocycles. The predicted octanol–water partition coefficient (Wildman–Crippen LogP) is 4.02. The summed E-state index contributed by atoms with van der Waals surface area (Å²) in [5.41, 5.74) is 1.02. The zero-order valence-electron chi connectivity index (χ0n) is 15.9. The van der Waals surface area contributed by atoms with Crippen LogP contribution in [0.2, 0.25) is 0 Å². The van der Waals surface area contributed by atoms with Crippen molar-refractivity contribution in [2.24, 2.45) is 0 Å². The summed E-state index contributed by atoms with van der Waals surface area (Å²) in [5, 5.41) is 0.422. The first-order chi connectivity index (χ1) is 14.0. The van der Waals surface area contributed by atoms with E-state index in [1.165, 1.54) is 18.2 Å². The Labute approximate surface area is 178 Å². The highest BCUT2D eigenvalue weighted by Gasteiger charge is 2.31. The average molecular weight is 481 g/mol. The second-order valence-electron chi connectivity index (χ2n) is 5.26. The molecule has 2 aromatic rings. The van der Waals surface area contributed by atoms with Crippen LogP contribution >= 0.6 is 21.0 Å². The Kier molecular flexibility index (Phi) is 9.80. The number of benzene rings is 2. The van der Waals surface area contributed by atoms with Gasteiger partial charge in [0.25, 0.3) is 10.0 Å². The van der Waals surface area contributed by atoms with E-state index in [0.717, 1.165) is 36.0 Å². The van der Waals surface area contributed by atoms with E-state index in [2.05, 4.69) is 18.7 Å². The van der Waals surface area contributed by atoms with Gasteiger partial charge in [0.2, 0.25) is 0 Å². The van der Waals surface area contributed by atoms with E-state index < -0.39 is 22.1 Å². The van der Waals surface area contributed by atoms with Crippen molar-refractivity contribution in [3.63, 3.8) is 0 Å². The van der Waals surface area contributed by atoms with Crippen molar-refractivity contribution in [1.82, 2.24) is 0 Å². The fourth-order valence-corrected chi connectivity index (χ4v) is 3.96. The van der Waals surface area contributed by atoms with E-state index in [0.29, 0.717) is 16.5 Å². The minimum atomic E-state index is -4.88. The van der Waals surface area contributed by atoms with Crippen LogP contribution < -0.4 is 14.8 Å². The molecule has 1 N–H and O–H groups in total. The molecule has 2 rings (SSSR count). The molecular weight excluding hydrogens is 462 g/mol. The molecule has 0 aromatic heterocycles. The number of rotatable bonds is 8. The van der Waals surface area contributed by atoms with Gasteiger partial charge in [-0.1, -0.05) is 25.6 Å². The average Bonchev–Trinajstić information content (AvgIpc) is 2.66. The van der Waals surface area contributed by atoms with Crippen molar-refractivity contribution < 1.29 is 35.9 Å². The molecule has 0 heterocycles. The maximum Gasteiger partial charge on any atom is 0.573 e. The number of ether oxygens (including phenoxy) is 1. The van der Waals surface area contributed by atoms with Crippen LogP contribution in [0.25, 0.3) is 0 Å². The molecule has 0 bridgehead atoms. The molecular formula is C18H19F3NO5PS2. The highest BCUT2D eigenvalue weighted by atomic mass is 32.2. The Balaban J connectivity index is 0.00000218. The maximum absolute atomic E-state index is 12.4. The van der Waals surface area contributed by atoms with Gasteiger partial charge in [-0.05, 0) is 47.8 Å². The summed E-state index contributed by atoms with van der Waals surface area (Å²) >= 11 is 0.804. The van der Waals surface area contributed by atoms with Crippen molar-refractivity contribution in [2.45, 2.75) is 25.1 Å². The SMILES string of the molecule is CC.O=CSCC(=O)c1ccc(NS(=O)(=O)c2ccc(OC(F)(F)F)cc2)cc1P. The lowest BCUT2D eigenvalue weighted by Gasteiger charge is -2.12. The van der Waals surface area contributed by atoms with Gasteiger partial charge in [-0.3, -0.25) is 14.3 Å². The van der Waals surface area contributed by atoms with E-state index in [1.54, 1.807) is 0 Å². The highest BCUT2D eigenvalue weighted by molar-refractivity contribution is 8.12. The van der Waals surface area contributed by atoms with Crippen LogP contribution in [0.15, 0.2) is 47.4 Å². The molecule has 2 aromatic carbocycles. The van der Waals surface area contributed by atoms with Gasteiger partial charge in [0.05, 0.1) is 10.6 Å². The first-order valence-electron chi connectivity index (χ1n) is 8.38. The number of hydrogen-bond donors (Lipinski definition) is 1. The molecule has 0 radical (unpaired) electrons. The third-order valence-corrected chi connectivity index (χ3v) is 5.69. The lowest BCUT2D eigenvalue weighted by atomic mass is 10.1. The number of hydrogen-bond acceptors (Lipinski definition) is 6. The smallest absolute Gasteiger partial charge is 0.406 e. The number of sulfonamides is 1. The Morgan fingerprint density at radius 1 is 1.17 bits per heavy atom. The largest absolute Gasteiger partial charge is 0.573 e. The number of carbonyl (C=O) groups excluding carboxylic acids is 2. The van der Waals surface area contributed by atoms with E-state index in [-0.39, 0.29) is 22.1 Å². The standard InChI is InChI=1S/C16H13F3NO5PS2.C2H6/c17-16(18,19)25-11-2-4-12(5-3-11)28(23,24)20-10-1-6-13(15(26)7-10)14(22)8-27-9-21;1-2/h1-7,9,20H,8,26H2;1-2H3. The maximum atomic E-state index is 12.4. The molecule has 0 saturated carbocycles. The van der Waals surface area contributed by atoms with Gasteiger partial charge in [-0.2, -0.15) is 0 Å². The van der Waals surface area contributed by atoms with Crippen LogP contribution in [0.5, 0.6) is 5.75 Å². The number of anilines is 1.